The molecule has 2 aromatic heterocycles. The molecule has 0 saturated carbocycles. The molecule has 0 bridgehead atoms. The molecular weight excluding hydrogens is 248 g/mol. The van der Waals surface area contributed by atoms with Gasteiger partial charge in [-0.1, -0.05) is 6.92 Å². The lowest BCUT2D eigenvalue weighted by Gasteiger charge is -2.13. The Morgan fingerprint density at radius 1 is 1.50 bits per heavy atom. The van der Waals surface area contributed by atoms with E-state index in [1.54, 1.807) is 7.11 Å². The maximum atomic E-state index is 5.43. The van der Waals surface area contributed by atoms with E-state index in [1.165, 1.54) is 0 Å². The van der Waals surface area contributed by atoms with Crippen molar-refractivity contribution in [3.63, 3.8) is 0 Å². The first kappa shape index (κ1) is 13.3. The van der Waals surface area contributed by atoms with E-state index in [4.69, 9.17) is 17.0 Å². The number of aromatic nitrogens is 4. The average molecular weight is 268 g/mol. The summed E-state index contributed by atoms with van der Waals surface area (Å²) in [6.45, 7) is 4.99. The summed E-state index contributed by atoms with van der Waals surface area (Å²) in [5.41, 5.74) is 3.20. The van der Waals surface area contributed by atoms with Crippen LogP contribution in [0.25, 0.3) is 11.2 Å². The van der Waals surface area contributed by atoms with Crippen molar-refractivity contribution in [2.24, 2.45) is 7.05 Å². The predicted molar refractivity (Wildman–Crippen MR) is 74.5 cm³/mol. The van der Waals surface area contributed by atoms with Gasteiger partial charge < -0.3 is 9.72 Å². The van der Waals surface area contributed by atoms with Crippen LogP contribution in [0.3, 0.4) is 0 Å². The van der Waals surface area contributed by atoms with Crippen LogP contribution in [0.5, 0.6) is 0 Å². The lowest BCUT2D eigenvalue weighted by molar-refractivity contribution is 0.181. The van der Waals surface area contributed by atoms with Gasteiger partial charge in [-0.25, -0.2) is 0 Å². The van der Waals surface area contributed by atoms with Crippen LogP contribution in [-0.4, -0.2) is 33.0 Å². The van der Waals surface area contributed by atoms with Crippen LogP contribution in [0.15, 0.2) is 0 Å². The molecule has 6 heteroatoms. The summed E-state index contributed by atoms with van der Waals surface area (Å²) >= 11 is 5.43. The first-order valence-corrected chi connectivity index (χ1v) is 6.66. The number of fused-ring (bicyclic) bond motifs is 1. The maximum absolute atomic E-state index is 5.43. The molecule has 1 atom stereocenters. The van der Waals surface area contributed by atoms with E-state index >= 15 is 0 Å². The quantitative estimate of drug-likeness (QED) is 0.848. The first-order valence-electron chi connectivity index (χ1n) is 6.25. The number of rotatable bonds is 5. The summed E-state index contributed by atoms with van der Waals surface area (Å²) in [7, 11) is 3.68. The smallest absolute Gasteiger partial charge is 0.179 e. The highest BCUT2D eigenvalue weighted by Crippen LogP contribution is 2.23. The van der Waals surface area contributed by atoms with E-state index in [0.29, 0.717) is 6.04 Å². The monoisotopic (exact) mass is 268 g/mol. The lowest BCUT2D eigenvalue weighted by Crippen LogP contribution is -2.10. The van der Waals surface area contributed by atoms with Crippen molar-refractivity contribution < 1.29 is 4.74 Å². The third kappa shape index (κ3) is 2.10. The highest BCUT2D eigenvalue weighted by atomic mass is 32.1. The molecule has 18 heavy (non-hydrogen) atoms. The Hall–Kier alpha value is -1.14. The molecule has 2 rings (SSSR count). The van der Waals surface area contributed by atoms with Gasteiger partial charge in [0.25, 0.3) is 0 Å². The third-order valence-corrected chi connectivity index (χ3v) is 3.58. The average Bonchev–Trinajstić information content (AvgIpc) is 2.83. The van der Waals surface area contributed by atoms with Crippen molar-refractivity contribution >= 4 is 23.4 Å². The Kier molecular flexibility index (Phi) is 3.87. The van der Waals surface area contributed by atoms with E-state index < -0.39 is 0 Å². The van der Waals surface area contributed by atoms with Crippen molar-refractivity contribution in [2.45, 2.75) is 32.7 Å². The largest absolute Gasteiger partial charge is 0.385 e. The second-order valence-corrected chi connectivity index (χ2v) is 4.94. The normalized spacial score (nSPS) is 13.3. The molecule has 0 saturated heterocycles. The van der Waals surface area contributed by atoms with Crippen molar-refractivity contribution in [3.05, 3.63) is 10.5 Å². The Morgan fingerprint density at radius 3 is 2.83 bits per heavy atom. The van der Waals surface area contributed by atoms with Crippen LogP contribution in [0.4, 0.5) is 0 Å². The number of nitrogens with zero attached hydrogens (tertiary/aromatic N) is 3. The van der Waals surface area contributed by atoms with E-state index in [1.807, 2.05) is 11.7 Å². The van der Waals surface area contributed by atoms with Gasteiger partial charge in [-0.3, -0.25) is 9.25 Å². The summed E-state index contributed by atoms with van der Waals surface area (Å²) < 4.78 is 9.94. The minimum atomic E-state index is 0.298. The maximum Gasteiger partial charge on any atom is 0.179 e. The Labute approximate surface area is 112 Å². The summed E-state index contributed by atoms with van der Waals surface area (Å²) in [5, 5.41) is 4.52. The third-order valence-electron chi connectivity index (χ3n) is 3.28. The summed E-state index contributed by atoms with van der Waals surface area (Å²) in [6, 6.07) is 0.298. The molecule has 100 valence electrons. The molecule has 0 radical (unpaired) electrons. The SMILES string of the molecule is CCc1nn(C)c2c1[nH]c(=S)n2C(C)CCOC. The number of ether oxygens (including phenoxy) is 1. The first-order chi connectivity index (χ1) is 8.60. The molecule has 0 aliphatic carbocycles. The minimum Gasteiger partial charge on any atom is -0.385 e. The number of hydrogen-bond donors (Lipinski definition) is 1. The second kappa shape index (κ2) is 5.24. The fourth-order valence-corrected chi connectivity index (χ4v) is 2.68. The molecule has 0 aromatic carbocycles. The summed E-state index contributed by atoms with van der Waals surface area (Å²) in [6.07, 6.45) is 1.84. The predicted octanol–water partition coefficient (Wildman–Crippen LogP) is 2.59. The van der Waals surface area contributed by atoms with Gasteiger partial charge in [0, 0.05) is 26.8 Å². The van der Waals surface area contributed by atoms with Crippen LogP contribution >= 0.6 is 12.2 Å². The lowest BCUT2D eigenvalue weighted by atomic mass is 10.2. The molecule has 0 aliphatic rings. The van der Waals surface area contributed by atoms with Crippen molar-refractivity contribution in [1.29, 1.82) is 0 Å². The van der Waals surface area contributed by atoms with Crippen LogP contribution in [0.1, 0.15) is 32.0 Å². The molecule has 2 aromatic rings. The molecule has 0 fully saturated rings. The molecule has 1 N–H and O–H groups in total. The zero-order valence-electron chi connectivity index (χ0n) is 11.4. The second-order valence-electron chi connectivity index (χ2n) is 4.55. The molecular formula is C12H20N4OS. The number of H-pyrrole nitrogens is 1. The van der Waals surface area contributed by atoms with E-state index in [0.717, 1.165) is 41.1 Å². The molecule has 5 nitrogen and oxygen atoms in total. The number of aryl methyl sites for hydroxylation is 2. The van der Waals surface area contributed by atoms with Gasteiger partial charge in [-0.15, -0.1) is 0 Å². The number of nitrogens with one attached hydrogen (secondary N) is 1. The van der Waals surface area contributed by atoms with Gasteiger partial charge in [0.1, 0.15) is 5.52 Å². The summed E-state index contributed by atoms with van der Waals surface area (Å²) in [4.78, 5) is 3.28. The molecule has 1 unspecified atom stereocenters. The number of hydrogen-bond acceptors (Lipinski definition) is 3. The van der Waals surface area contributed by atoms with Gasteiger partial charge >= 0.3 is 0 Å². The topological polar surface area (TPSA) is 47.8 Å². The van der Waals surface area contributed by atoms with Crippen molar-refractivity contribution in [3.8, 4) is 0 Å². The minimum absolute atomic E-state index is 0.298. The molecule has 0 spiro atoms. The zero-order chi connectivity index (χ0) is 13.3. The van der Waals surface area contributed by atoms with Gasteiger partial charge in [0.2, 0.25) is 0 Å². The highest BCUT2D eigenvalue weighted by Gasteiger charge is 2.17. The molecule has 0 amide bonds. The van der Waals surface area contributed by atoms with Crippen LogP contribution < -0.4 is 0 Å². The summed E-state index contributed by atoms with van der Waals surface area (Å²) in [5.74, 6) is 0. The van der Waals surface area contributed by atoms with Crippen molar-refractivity contribution in [1.82, 2.24) is 19.3 Å². The zero-order valence-corrected chi connectivity index (χ0v) is 12.2. The van der Waals surface area contributed by atoms with Crippen LogP contribution in [0, 0.1) is 4.77 Å². The number of aromatic amines is 1. The standard InChI is InChI=1S/C12H20N4OS/c1-5-9-10-11(15(3)14-9)16(12(18)13-10)8(2)6-7-17-4/h8H,5-7H2,1-4H3,(H,13,18). The number of methoxy groups -OCH3 is 1. The van der Waals surface area contributed by atoms with E-state index in [9.17, 15) is 0 Å². The molecule has 0 aliphatic heterocycles. The van der Waals surface area contributed by atoms with Gasteiger partial charge in [-0.2, -0.15) is 5.10 Å². The van der Waals surface area contributed by atoms with Crippen LogP contribution in [-0.2, 0) is 18.2 Å². The fourth-order valence-electron chi connectivity index (χ4n) is 2.31. The molecule has 2 heterocycles. The Bertz CT molecular complexity index is 595. The Morgan fingerprint density at radius 2 is 2.22 bits per heavy atom. The number of imidazole rings is 1. The van der Waals surface area contributed by atoms with Crippen LogP contribution in [0.2, 0.25) is 0 Å². The van der Waals surface area contributed by atoms with Gasteiger partial charge in [-0.05, 0) is 32.0 Å². The van der Waals surface area contributed by atoms with Gasteiger partial charge in [0.05, 0.1) is 5.69 Å². The van der Waals surface area contributed by atoms with E-state index in [2.05, 4.69) is 28.5 Å². The Balaban J connectivity index is 2.53. The van der Waals surface area contributed by atoms with Crippen molar-refractivity contribution in [2.75, 3.05) is 13.7 Å². The van der Waals surface area contributed by atoms with E-state index in [-0.39, 0.29) is 0 Å². The fraction of sp³-hybridized carbons (Fsp3) is 0.667. The highest BCUT2D eigenvalue weighted by molar-refractivity contribution is 7.71. The van der Waals surface area contributed by atoms with Gasteiger partial charge in [0.15, 0.2) is 10.4 Å².